The van der Waals surface area contributed by atoms with E-state index in [1.54, 1.807) is 31.2 Å². The fourth-order valence-corrected chi connectivity index (χ4v) is 5.08. The summed E-state index contributed by atoms with van der Waals surface area (Å²) in [4.78, 5) is 11.6. The van der Waals surface area contributed by atoms with Crippen LogP contribution in [0, 0.1) is 17.2 Å². The first-order valence-electron chi connectivity index (χ1n) is 12.8. The van der Waals surface area contributed by atoms with Crippen molar-refractivity contribution in [3.05, 3.63) is 95.3 Å². The third kappa shape index (κ3) is 5.46. The van der Waals surface area contributed by atoms with Gasteiger partial charge in [0.1, 0.15) is 23.9 Å². The maximum absolute atomic E-state index is 14.9. The van der Waals surface area contributed by atoms with Crippen molar-refractivity contribution < 1.29 is 28.9 Å². The van der Waals surface area contributed by atoms with Crippen LogP contribution in [0.25, 0.3) is 11.1 Å². The average molecular weight is 519 g/mol. The van der Waals surface area contributed by atoms with Crippen LogP contribution in [0.15, 0.2) is 67.3 Å². The van der Waals surface area contributed by atoms with Crippen LogP contribution in [-0.2, 0) is 17.8 Å². The summed E-state index contributed by atoms with van der Waals surface area (Å²) in [5.74, 6) is -0.536. The lowest BCUT2D eigenvalue weighted by Gasteiger charge is -2.29. The number of halogens is 1. The van der Waals surface area contributed by atoms with Crippen molar-refractivity contribution in [1.82, 2.24) is 0 Å². The van der Waals surface area contributed by atoms with Gasteiger partial charge in [0.15, 0.2) is 0 Å². The SMILES string of the molecule is C=CC(C)(C)[C@H](O)c1cc(COc2ccc3c(c2)[C@@H]([C@@H](C)C(=O)O)CC3)ccc1-c1cc(OC)ccc1F. The predicted molar refractivity (Wildman–Crippen MR) is 146 cm³/mol. The number of ether oxygens (including phenoxy) is 2. The molecule has 0 unspecified atom stereocenters. The summed E-state index contributed by atoms with van der Waals surface area (Å²) in [6.45, 7) is 9.59. The summed E-state index contributed by atoms with van der Waals surface area (Å²) in [6, 6.07) is 15.9. The summed E-state index contributed by atoms with van der Waals surface area (Å²) in [6.07, 6.45) is 2.42. The summed E-state index contributed by atoms with van der Waals surface area (Å²) in [5, 5.41) is 20.8. The quantitative estimate of drug-likeness (QED) is 0.281. The molecule has 0 aliphatic heterocycles. The molecule has 0 aromatic heterocycles. The van der Waals surface area contributed by atoms with Crippen LogP contribution in [0.3, 0.4) is 0 Å². The first kappa shape index (κ1) is 27.4. The number of methoxy groups -OCH3 is 1. The Morgan fingerprint density at radius 2 is 1.87 bits per heavy atom. The van der Waals surface area contributed by atoms with Gasteiger partial charge in [-0.3, -0.25) is 4.79 Å². The molecule has 0 radical (unpaired) electrons. The van der Waals surface area contributed by atoms with Crippen molar-refractivity contribution in [2.45, 2.75) is 52.2 Å². The monoisotopic (exact) mass is 518 g/mol. The Morgan fingerprint density at radius 1 is 1.13 bits per heavy atom. The molecule has 0 amide bonds. The second-order valence-electron chi connectivity index (χ2n) is 10.6. The molecule has 1 aliphatic carbocycles. The molecule has 5 nitrogen and oxygen atoms in total. The number of hydrogen-bond acceptors (Lipinski definition) is 4. The van der Waals surface area contributed by atoms with Crippen LogP contribution in [0.1, 0.15) is 61.5 Å². The number of hydrogen-bond donors (Lipinski definition) is 2. The van der Waals surface area contributed by atoms with Crippen molar-refractivity contribution in [2.24, 2.45) is 11.3 Å². The van der Waals surface area contributed by atoms with E-state index in [4.69, 9.17) is 9.47 Å². The molecular weight excluding hydrogens is 483 g/mol. The highest BCUT2D eigenvalue weighted by atomic mass is 19.1. The molecule has 2 N–H and O–H groups in total. The van der Waals surface area contributed by atoms with E-state index in [1.807, 2.05) is 44.2 Å². The number of aryl methyl sites for hydroxylation is 1. The molecule has 0 bridgehead atoms. The highest BCUT2D eigenvalue weighted by Gasteiger charge is 2.32. The summed E-state index contributed by atoms with van der Waals surface area (Å²) >= 11 is 0. The van der Waals surface area contributed by atoms with Gasteiger partial charge in [0, 0.05) is 11.0 Å². The summed E-state index contributed by atoms with van der Waals surface area (Å²) in [5.41, 5.74) is 3.80. The number of carboxylic acids is 1. The normalized spacial score (nSPS) is 16.4. The second-order valence-corrected chi connectivity index (χ2v) is 10.6. The lowest BCUT2D eigenvalue weighted by atomic mass is 9.79. The first-order valence-corrected chi connectivity index (χ1v) is 12.8. The number of aliphatic hydroxyl groups excluding tert-OH is 1. The van der Waals surface area contributed by atoms with Crippen molar-refractivity contribution in [3.8, 4) is 22.6 Å². The summed E-state index contributed by atoms with van der Waals surface area (Å²) < 4.78 is 26.3. The number of benzene rings is 3. The molecule has 0 spiro atoms. The van der Waals surface area contributed by atoms with E-state index < -0.39 is 29.2 Å². The largest absolute Gasteiger partial charge is 0.497 e. The van der Waals surface area contributed by atoms with E-state index in [0.29, 0.717) is 28.2 Å². The zero-order valence-electron chi connectivity index (χ0n) is 22.3. The fourth-order valence-electron chi connectivity index (χ4n) is 5.08. The van der Waals surface area contributed by atoms with Gasteiger partial charge < -0.3 is 19.7 Å². The first-order chi connectivity index (χ1) is 18.1. The maximum atomic E-state index is 14.9. The number of fused-ring (bicyclic) bond motifs is 1. The Bertz CT molecular complexity index is 1350. The molecule has 0 saturated heterocycles. The molecule has 38 heavy (non-hydrogen) atoms. The Hall–Kier alpha value is -3.64. The van der Waals surface area contributed by atoms with Crippen LogP contribution >= 0.6 is 0 Å². The highest BCUT2D eigenvalue weighted by Crippen LogP contribution is 2.42. The minimum absolute atomic E-state index is 0.0361. The standard InChI is InChI=1S/C32H35FO5/c1-6-32(3,4)30(34)28-15-20(7-12-25(28)27-16-22(37-5)11-14-29(27)33)18-38-23-10-8-21-9-13-24(26(21)17-23)19(2)31(35)36/h6-8,10-12,14-17,19,24,30,34H,1,9,13,18H2,2-5H3,(H,35,36)/t19-,24-,30-/m1/s1. The molecular formula is C32H35FO5. The van der Waals surface area contributed by atoms with Crippen LogP contribution in [-0.4, -0.2) is 23.3 Å². The average Bonchev–Trinajstić information content (AvgIpc) is 3.34. The van der Waals surface area contributed by atoms with Crippen LogP contribution in [0.2, 0.25) is 0 Å². The van der Waals surface area contributed by atoms with Crippen LogP contribution in [0.5, 0.6) is 11.5 Å². The highest BCUT2D eigenvalue weighted by molar-refractivity contribution is 5.72. The van der Waals surface area contributed by atoms with E-state index in [9.17, 15) is 19.4 Å². The smallest absolute Gasteiger partial charge is 0.306 e. The van der Waals surface area contributed by atoms with Gasteiger partial charge in [-0.25, -0.2) is 4.39 Å². The van der Waals surface area contributed by atoms with Gasteiger partial charge in [-0.15, -0.1) is 6.58 Å². The lowest BCUT2D eigenvalue weighted by molar-refractivity contribution is -0.141. The molecule has 3 atom stereocenters. The van der Waals surface area contributed by atoms with E-state index in [1.165, 1.54) is 13.2 Å². The molecule has 200 valence electrons. The number of aliphatic hydroxyl groups is 1. The van der Waals surface area contributed by atoms with Crippen molar-refractivity contribution in [2.75, 3.05) is 7.11 Å². The van der Waals surface area contributed by atoms with Gasteiger partial charge in [0.05, 0.1) is 19.1 Å². The molecule has 0 heterocycles. The topological polar surface area (TPSA) is 76.0 Å². The van der Waals surface area contributed by atoms with Gasteiger partial charge in [-0.2, -0.15) is 0 Å². The molecule has 0 saturated carbocycles. The minimum Gasteiger partial charge on any atom is -0.497 e. The minimum atomic E-state index is -0.946. The number of aliphatic carboxylic acids is 1. The molecule has 1 aliphatic rings. The van der Waals surface area contributed by atoms with Crippen LogP contribution < -0.4 is 9.47 Å². The molecule has 3 aromatic rings. The van der Waals surface area contributed by atoms with E-state index in [0.717, 1.165) is 29.5 Å². The Labute approximate surface area is 223 Å². The fraction of sp³-hybridized carbons (Fsp3) is 0.344. The molecule has 3 aromatic carbocycles. The van der Waals surface area contributed by atoms with Crippen molar-refractivity contribution in [1.29, 1.82) is 0 Å². The Balaban J connectivity index is 1.65. The molecule has 6 heteroatoms. The number of carboxylic acid groups (broad SMARTS) is 1. The Morgan fingerprint density at radius 3 is 2.55 bits per heavy atom. The lowest BCUT2D eigenvalue weighted by Crippen LogP contribution is -2.20. The van der Waals surface area contributed by atoms with Gasteiger partial charge in [-0.05, 0) is 83.0 Å². The second kappa shape index (κ2) is 11.0. The van der Waals surface area contributed by atoms with Gasteiger partial charge in [-0.1, -0.05) is 45.0 Å². The Kier molecular flexibility index (Phi) is 7.93. The van der Waals surface area contributed by atoms with E-state index in [2.05, 4.69) is 6.58 Å². The maximum Gasteiger partial charge on any atom is 0.306 e. The third-order valence-corrected chi connectivity index (χ3v) is 7.75. The summed E-state index contributed by atoms with van der Waals surface area (Å²) in [7, 11) is 1.53. The zero-order valence-corrected chi connectivity index (χ0v) is 22.3. The zero-order chi connectivity index (χ0) is 27.6. The van der Waals surface area contributed by atoms with E-state index in [-0.39, 0.29) is 12.5 Å². The predicted octanol–water partition coefficient (Wildman–Crippen LogP) is 7.08. The van der Waals surface area contributed by atoms with Crippen molar-refractivity contribution >= 4 is 5.97 Å². The van der Waals surface area contributed by atoms with Gasteiger partial charge in [0.2, 0.25) is 0 Å². The molecule has 4 rings (SSSR count). The van der Waals surface area contributed by atoms with Gasteiger partial charge in [0.25, 0.3) is 0 Å². The van der Waals surface area contributed by atoms with Gasteiger partial charge >= 0.3 is 5.97 Å². The molecule has 0 fully saturated rings. The number of carbonyl (C=O) groups is 1. The van der Waals surface area contributed by atoms with E-state index >= 15 is 0 Å². The van der Waals surface area contributed by atoms with Crippen molar-refractivity contribution in [3.63, 3.8) is 0 Å². The number of rotatable bonds is 10. The van der Waals surface area contributed by atoms with Crippen LogP contribution in [0.4, 0.5) is 4.39 Å². The third-order valence-electron chi connectivity index (χ3n) is 7.75.